The van der Waals surface area contributed by atoms with E-state index in [1.54, 1.807) is 0 Å². The number of benzene rings is 1. The number of carbonyl (C=O) groups is 1. The van der Waals surface area contributed by atoms with E-state index in [1.165, 1.54) is 6.39 Å². The molecule has 1 atom stereocenters. The van der Waals surface area contributed by atoms with Gasteiger partial charge in [-0.15, -0.1) is 0 Å². The minimum Gasteiger partial charge on any atom is -0.493 e. The van der Waals surface area contributed by atoms with Crippen molar-refractivity contribution < 1.29 is 14.1 Å². The number of amides is 1. The molecule has 4 rings (SSSR count). The zero-order valence-corrected chi connectivity index (χ0v) is 13.6. The third kappa shape index (κ3) is 3.00. The Kier molecular flexibility index (Phi) is 4.19. The lowest BCUT2D eigenvalue weighted by Gasteiger charge is -2.33. The molecule has 2 aliphatic rings. The molecule has 1 aromatic carbocycles. The van der Waals surface area contributed by atoms with E-state index in [4.69, 9.17) is 9.26 Å². The second-order valence-electron chi connectivity index (χ2n) is 6.53. The van der Waals surface area contributed by atoms with Gasteiger partial charge in [0.15, 0.2) is 5.82 Å². The highest BCUT2D eigenvalue weighted by Gasteiger charge is 2.31. The van der Waals surface area contributed by atoms with Crippen LogP contribution in [0.5, 0.6) is 5.75 Å². The van der Waals surface area contributed by atoms with E-state index in [0.29, 0.717) is 12.5 Å². The second-order valence-corrected chi connectivity index (χ2v) is 6.53. The summed E-state index contributed by atoms with van der Waals surface area (Å²) < 4.78 is 10.6. The van der Waals surface area contributed by atoms with Crippen molar-refractivity contribution in [1.29, 1.82) is 0 Å². The van der Waals surface area contributed by atoms with Gasteiger partial charge in [-0.3, -0.25) is 4.79 Å². The van der Waals surface area contributed by atoms with E-state index in [-0.39, 0.29) is 11.8 Å². The molecule has 126 valence electrons. The number of likely N-dealkylation sites (tertiary alicyclic amines) is 1. The topological polar surface area (TPSA) is 68.5 Å². The zero-order chi connectivity index (χ0) is 16.4. The number of hydrogen-bond donors (Lipinski definition) is 0. The molecule has 1 saturated heterocycles. The van der Waals surface area contributed by atoms with Gasteiger partial charge in [0.1, 0.15) is 5.75 Å². The van der Waals surface area contributed by atoms with Crippen molar-refractivity contribution in [3.63, 3.8) is 0 Å². The zero-order valence-electron chi connectivity index (χ0n) is 13.6. The fourth-order valence-corrected chi connectivity index (χ4v) is 3.68. The maximum absolute atomic E-state index is 12.9. The Bertz CT molecular complexity index is 693. The number of nitrogens with zero attached hydrogens (tertiary/aromatic N) is 3. The summed E-state index contributed by atoms with van der Waals surface area (Å²) in [7, 11) is 0. The summed E-state index contributed by atoms with van der Waals surface area (Å²) in [6.45, 7) is 2.13. The maximum Gasteiger partial charge on any atom is 0.226 e. The summed E-state index contributed by atoms with van der Waals surface area (Å²) in [4.78, 5) is 19.1. The van der Waals surface area contributed by atoms with E-state index in [2.05, 4.69) is 16.2 Å². The number of rotatable bonds is 2. The van der Waals surface area contributed by atoms with Gasteiger partial charge in [-0.2, -0.15) is 4.98 Å². The largest absolute Gasteiger partial charge is 0.493 e. The molecular formula is C18H21N3O3. The molecule has 0 aliphatic carbocycles. The maximum atomic E-state index is 12.9. The summed E-state index contributed by atoms with van der Waals surface area (Å²) in [5.74, 6) is 2.24. The normalized spacial score (nSPS) is 21.7. The van der Waals surface area contributed by atoms with Crippen molar-refractivity contribution in [2.45, 2.75) is 31.6 Å². The van der Waals surface area contributed by atoms with Crippen molar-refractivity contribution in [3.05, 3.63) is 42.0 Å². The molecule has 6 nitrogen and oxygen atoms in total. The van der Waals surface area contributed by atoms with Gasteiger partial charge in [0.25, 0.3) is 0 Å². The molecule has 0 N–H and O–H groups in total. The van der Waals surface area contributed by atoms with Crippen LogP contribution in [0.2, 0.25) is 0 Å². The molecule has 2 aromatic rings. The van der Waals surface area contributed by atoms with Crippen LogP contribution in [-0.2, 0) is 11.2 Å². The first kappa shape index (κ1) is 15.2. The number of ether oxygens (including phenoxy) is 1. The van der Waals surface area contributed by atoms with Crippen molar-refractivity contribution in [1.82, 2.24) is 15.0 Å². The van der Waals surface area contributed by atoms with Crippen molar-refractivity contribution in [3.8, 4) is 5.75 Å². The molecule has 24 heavy (non-hydrogen) atoms. The van der Waals surface area contributed by atoms with E-state index < -0.39 is 0 Å². The first-order chi connectivity index (χ1) is 11.8. The molecule has 1 amide bonds. The van der Waals surface area contributed by atoms with Crippen LogP contribution in [0.1, 0.15) is 36.6 Å². The summed E-state index contributed by atoms with van der Waals surface area (Å²) in [6, 6.07) is 8.02. The molecule has 1 fully saturated rings. The monoisotopic (exact) mass is 327 g/mol. The third-order valence-electron chi connectivity index (χ3n) is 5.06. The minimum atomic E-state index is 0.00961. The van der Waals surface area contributed by atoms with E-state index in [0.717, 1.165) is 55.9 Å². The Morgan fingerprint density at radius 3 is 2.79 bits per heavy atom. The molecule has 3 heterocycles. The molecule has 6 heteroatoms. The van der Waals surface area contributed by atoms with Crippen molar-refractivity contribution >= 4 is 5.91 Å². The summed E-state index contributed by atoms with van der Waals surface area (Å²) in [5, 5.41) is 3.93. The molecule has 0 saturated carbocycles. The number of fused-ring (bicyclic) bond motifs is 1. The number of piperidine rings is 1. The molecule has 0 radical (unpaired) electrons. The van der Waals surface area contributed by atoms with Crippen LogP contribution in [0.3, 0.4) is 0 Å². The Morgan fingerprint density at radius 1 is 1.17 bits per heavy atom. The highest BCUT2D eigenvalue weighted by atomic mass is 16.5. The number of carbonyl (C=O) groups excluding carboxylic acids is 1. The highest BCUT2D eigenvalue weighted by Crippen LogP contribution is 2.30. The van der Waals surface area contributed by atoms with Gasteiger partial charge < -0.3 is 14.2 Å². The van der Waals surface area contributed by atoms with Crippen LogP contribution in [0.25, 0.3) is 0 Å². The summed E-state index contributed by atoms with van der Waals surface area (Å²) in [5.41, 5.74) is 1.13. The molecule has 1 aromatic heterocycles. The Labute approximate surface area is 140 Å². The highest BCUT2D eigenvalue weighted by molar-refractivity contribution is 5.79. The molecular weight excluding hydrogens is 306 g/mol. The first-order valence-electron chi connectivity index (χ1n) is 8.57. The van der Waals surface area contributed by atoms with Gasteiger partial charge in [-0.25, -0.2) is 0 Å². The Balaban J connectivity index is 1.40. The minimum absolute atomic E-state index is 0.00961. The molecule has 0 bridgehead atoms. The second kappa shape index (κ2) is 6.63. The predicted molar refractivity (Wildman–Crippen MR) is 86.6 cm³/mol. The fraction of sp³-hybridized carbons (Fsp3) is 0.500. The molecule has 0 unspecified atom stereocenters. The smallest absolute Gasteiger partial charge is 0.226 e. The first-order valence-corrected chi connectivity index (χ1v) is 8.57. The van der Waals surface area contributed by atoms with Gasteiger partial charge in [0.05, 0.1) is 6.61 Å². The summed E-state index contributed by atoms with van der Waals surface area (Å²) in [6.07, 6.45) is 4.70. The quantitative estimate of drug-likeness (QED) is 0.847. The van der Waals surface area contributed by atoms with Crippen LogP contribution in [0.4, 0.5) is 0 Å². The molecule has 0 spiro atoms. The van der Waals surface area contributed by atoms with Crippen LogP contribution >= 0.6 is 0 Å². The van der Waals surface area contributed by atoms with Crippen LogP contribution in [-0.4, -0.2) is 40.6 Å². The third-order valence-corrected chi connectivity index (χ3v) is 5.06. The van der Waals surface area contributed by atoms with Crippen LogP contribution < -0.4 is 4.74 Å². The number of para-hydroxylation sites is 1. The average molecular weight is 327 g/mol. The Morgan fingerprint density at radius 2 is 2.00 bits per heavy atom. The Hall–Kier alpha value is -2.37. The lowest BCUT2D eigenvalue weighted by Crippen LogP contribution is -2.42. The van der Waals surface area contributed by atoms with Crippen molar-refractivity contribution in [2.24, 2.45) is 5.92 Å². The van der Waals surface area contributed by atoms with E-state index in [1.807, 2.05) is 23.1 Å². The average Bonchev–Trinajstić information content (AvgIpc) is 3.08. The fourth-order valence-electron chi connectivity index (χ4n) is 3.68. The SMILES string of the molecule is O=C([C@H]1CCOc2ccccc2C1)N1CCC(c2ncon2)CC1. The van der Waals surface area contributed by atoms with Crippen molar-refractivity contribution in [2.75, 3.05) is 19.7 Å². The van der Waals surface area contributed by atoms with Gasteiger partial charge >= 0.3 is 0 Å². The standard InChI is InChI=1S/C18H21N3O3/c22-18(15-7-10-23-16-4-2-1-3-14(16)11-15)21-8-5-13(6-9-21)17-19-12-24-20-17/h1-4,12-13,15H,5-11H2/t15-/m0/s1. The van der Waals surface area contributed by atoms with Gasteiger partial charge in [-0.05, 0) is 37.3 Å². The predicted octanol–water partition coefficient (Wildman–Crippen LogP) is 2.42. The number of hydrogen-bond acceptors (Lipinski definition) is 5. The van der Waals surface area contributed by atoms with Gasteiger partial charge in [-0.1, -0.05) is 23.4 Å². The lowest BCUT2D eigenvalue weighted by molar-refractivity contribution is -0.137. The van der Waals surface area contributed by atoms with E-state index >= 15 is 0 Å². The number of aromatic nitrogens is 2. The van der Waals surface area contributed by atoms with E-state index in [9.17, 15) is 4.79 Å². The van der Waals surface area contributed by atoms with Crippen LogP contribution in [0, 0.1) is 5.92 Å². The van der Waals surface area contributed by atoms with Crippen LogP contribution in [0.15, 0.2) is 35.2 Å². The van der Waals surface area contributed by atoms with Gasteiger partial charge in [0, 0.05) is 24.9 Å². The molecule has 2 aliphatic heterocycles. The van der Waals surface area contributed by atoms with Gasteiger partial charge in [0.2, 0.25) is 12.3 Å². The summed E-state index contributed by atoms with van der Waals surface area (Å²) >= 11 is 0. The lowest BCUT2D eigenvalue weighted by atomic mass is 9.92.